The van der Waals surface area contributed by atoms with Crippen molar-refractivity contribution in [1.29, 1.82) is 0 Å². The molecule has 4 nitrogen and oxygen atoms in total. The summed E-state index contributed by atoms with van der Waals surface area (Å²) in [6.45, 7) is 1.38. The normalized spacial score (nSPS) is 20.8. The van der Waals surface area contributed by atoms with E-state index in [1.54, 1.807) is 6.07 Å². The van der Waals surface area contributed by atoms with E-state index in [0.29, 0.717) is 12.4 Å². The maximum absolute atomic E-state index is 11.3. The Balaban J connectivity index is 2.24. The fourth-order valence-electron chi connectivity index (χ4n) is 1.64. The molecule has 0 spiro atoms. The van der Waals surface area contributed by atoms with Crippen molar-refractivity contribution in [3.8, 4) is 0 Å². The number of ether oxygens (including phenoxy) is 1. The van der Waals surface area contributed by atoms with Crippen molar-refractivity contribution >= 4 is 21.7 Å². The van der Waals surface area contributed by atoms with Gasteiger partial charge in [0.05, 0.1) is 17.6 Å². The van der Waals surface area contributed by atoms with Gasteiger partial charge in [-0.1, -0.05) is 0 Å². The van der Waals surface area contributed by atoms with Gasteiger partial charge in [0.25, 0.3) is 0 Å². The maximum atomic E-state index is 11.3. The molecule has 1 unspecified atom stereocenters. The number of nitrogens with two attached hydrogens (primary N) is 1. The minimum absolute atomic E-state index is 0.0272. The van der Waals surface area contributed by atoms with Crippen molar-refractivity contribution in [3.63, 3.8) is 0 Å². The van der Waals surface area contributed by atoms with Crippen molar-refractivity contribution in [2.75, 3.05) is 19.8 Å². The highest BCUT2D eigenvalue weighted by Crippen LogP contribution is 2.33. The average molecular weight is 274 g/mol. The second-order valence-corrected chi connectivity index (χ2v) is 4.36. The Kier molecular flexibility index (Phi) is 3.23. The standard InChI is InChI=1S/C10H12BrNO3/c11-7-3-9(8(13)4-12)15-10(7)6-1-2-14-5-6/h3,6H,1-2,4-5,12H2. The van der Waals surface area contributed by atoms with Crippen molar-refractivity contribution in [3.05, 3.63) is 22.1 Å². The number of carbonyl (C=O) groups excluding carboxylic acids is 1. The molecule has 2 rings (SSSR count). The molecule has 1 aromatic rings. The van der Waals surface area contributed by atoms with Crippen LogP contribution in [0.15, 0.2) is 15.0 Å². The molecule has 0 radical (unpaired) electrons. The second kappa shape index (κ2) is 4.47. The van der Waals surface area contributed by atoms with Crippen molar-refractivity contribution in [1.82, 2.24) is 0 Å². The molecule has 1 fully saturated rings. The van der Waals surface area contributed by atoms with Gasteiger partial charge < -0.3 is 14.9 Å². The minimum Gasteiger partial charge on any atom is -0.456 e. The Bertz CT molecular complexity index is 369. The highest BCUT2D eigenvalue weighted by atomic mass is 79.9. The van der Waals surface area contributed by atoms with Gasteiger partial charge >= 0.3 is 0 Å². The van der Waals surface area contributed by atoms with Gasteiger partial charge in [0, 0.05) is 18.6 Å². The highest BCUT2D eigenvalue weighted by Gasteiger charge is 2.25. The smallest absolute Gasteiger partial charge is 0.211 e. The van der Waals surface area contributed by atoms with E-state index >= 15 is 0 Å². The summed E-state index contributed by atoms with van der Waals surface area (Å²) >= 11 is 3.38. The molecule has 0 amide bonds. The third-order valence-corrected chi connectivity index (χ3v) is 3.09. The van der Waals surface area contributed by atoms with E-state index < -0.39 is 0 Å². The molecule has 0 aliphatic carbocycles. The zero-order chi connectivity index (χ0) is 10.8. The lowest BCUT2D eigenvalue weighted by Crippen LogP contribution is -2.12. The van der Waals surface area contributed by atoms with Crippen LogP contribution in [0, 0.1) is 0 Å². The molecule has 0 aromatic carbocycles. The number of hydrogen-bond donors (Lipinski definition) is 1. The van der Waals surface area contributed by atoms with E-state index in [1.165, 1.54) is 0 Å². The van der Waals surface area contributed by atoms with Gasteiger partial charge in [-0.05, 0) is 22.4 Å². The van der Waals surface area contributed by atoms with Crippen molar-refractivity contribution < 1.29 is 13.9 Å². The van der Waals surface area contributed by atoms with E-state index in [0.717, 1.165) is 23.3 Å². The lowest BCUT2D eigenvalue weighted by molar-refractivity contribution is 0.0972. The van der Waals surface area contributed by atoms with E-state index in [9.17, 15) is 4.79 Å². The molecular weight excluding hydrogens is 262 g/mol. The summed E-state index contributed by atoms with van der Waals surface area (Å²) in [7, 11) is 0. The number of halogens is 1. The molecule has 2 N–H and O–H groups in total. The molecule has 1 saturated heterocycles. The van der Waals surface area contributed by atoms with Crippen LogP contribution in [0.2, 0.25) is 0 Å². The predicted molar refractivity (Wildman–Crippen MR) is 58.0 cm³/mol. The van der Waals surface area contributed by atoms with Crippen LogP contribution in [0.1, 0.15) is 28.7 Å². The van der Waals surface area contributed by atoms with Gasteiger partial charge in [-0.3, -0.25) is 4.79 Å². The SMILES string of the molecule is NCC(=O)c1cc(Br)c(C2CCOC2)o1. The largest absolute Gasteiger partial charge is 0.456 e. The Hall–Kier alpha value is -0.650. The van der Waals surface area contributed by atoms with E-state index in [1.807, 2.05) is 0 Å². The summed E-state index contributed by atoms with van der Waals surface area (Å²) in [6, 6.07) is 1.68. The number of ketones is 1. The molecule has 1 aliphatic heterocycles. The van der Waals surface area contributed by atoms with Crippen molar-refractivity contribution in [2.24, 2.45) is 5.73 Å². The maximum Gasteiger partial charge on any atom is 0.211 e. The van der Waals surface area contributed by atoms with E-state index in [2.05, 4.69) is 15.9 Å². The third kappa shape index (κ3) is 2.14. The van der Waals surface area contributed by atoms with Crippen LogP contribution in [-0.2, 0) is 4.74 Å². The zero-order valence-corrected chi connectivity index (χ0v) is 9.75. The lowest BCUT2D eigenvalue weighted by atomic mass is 10.1. The third-order valence-electron chi connectivity index (χ3n) is 2.47. The molecule has 5 heteroatoms. The number of Topliss-reactive ketones (excluding diaryl/α,β-unsaturated/α-hetero) is 1. The molecule has 1 atom stereocenters. The first kappa shape index (κ1) is 10.9. The Morgan fingerprint density at radius 1 is 1.67 bits per heavy atom. The highest BCUT2D eigenvalue weighted by molar-refractivity contribution is 9.10. The van der Waals surface area contributed by atoms with Gasteiger partial charge in [0.15, 0.2) is 5.76 Å². The molecule has 1 aromatic heterocycles. The van der Waals surface area contributed by atoms with Crippen LogP contribution in [0.5, 0.6) is 0 Å². The summed E-state index contributed by atoms with van der Waals surface area (Å²) in [6.07, 6.45) is 0.933. The fraction of sp³-hybridized carbons (Fsp3) is 0.500. The van der Waals surface area contributed by atoms with E-state index in [-0.39, 0.29) is 18.2 Å². The lowest BCUT2D eigenvalue weighted by Gasteiger charge is -2.03. The monoisotopic (exact) mass is 273 g/mol. The first-order valence-electron chi connectivity index (χ1n) is 4.82. The first-order chi connectivity index (χ1) is 7.22. The predicted octanol–water partition coefficient (Wildman–Crippen LogP) is 1.69. The molecule has 1 aliphatic rings. The quantitative estimate of drug-likeness (QED) is 0.852. The molecule has 82 valence electrons. The van der Waals surface area contributed by atoms with Gasteiger partial charge in [0.2, 0.25) is 5.78 Å². The van der Waals surface area contributed by atoms with Crippen LogP contribution < -0.4 is 5.73 Å². The van der Waals surface area contributed by atoms with Crippen LogP contribution >= 0.6 is 15.9 Å². The van der Waals surface area contributed by atoms with Crippen molar-refractivity contribution in [2.45, 2.75) is 12.3 Å². The Morgan fingerprint density at radius 2 is 2.47 bits per heavy atom. The van der Waals surface area contributed by atoms with Gasteiger partial charge in [-0.25, -0.2) is 0 Å². The summed E-state index contributed by atoms with van der Waals surface area (Å²) in [4.78, 5) is 11.3. The van der Waals surface area contributed by atoms with Gasteiger partial charge in [-0.2, -0.15) is 0 Å². The summed E-state index contributed by atoms with van der Waals surface area (Å²) in [5.41, 5.74) is 5.27. The Morgan fingerprint density at radius 3 is 3.07 bits per heavy atom. The molecule has 0 saturated carbocycles. The van der Waals surface area contributed by atoms with Crippen LogP contribution in [0.25, 0.3) is 0 Å². The average Bonchev–Trinajstić information content (AvgIpc) is 2.84. The zero-order valence-electron chi connectivity index (χ0n) is 8.16. The van der Waals surface area contributed by atoms with Crippen LogP contribution in [0.4, 0.5) is 0 Å². The number of carbonyl (C=O) groups is 1. The number of rotatable bonds is 3. The number of furan rings is 1. The van der Waals surface area contributed by atoms with Gasteiger partial charge in [0.1, 0.15) is 5.76 Å². The van der Waals surface area contributed by atoms with Crippen LogP contribution in [-0.4, -0.2) is 25.5 Å². The number of hydrogen-bond acceptors (Lipinski definition) is 4. The topological polar surface area (TPSA) is 65.5 Å². The molecule has 15 heavy (non-hydrogen) atoms. The van der Waals surface area contributed by atoms with Crippen LogP contribution in [0.3, 0.4) is 0 Å². The summed E-state index contributed by atoms with van der Waals surface area (Å²) < 4.78 is 11.6. The Labute approximate surface area is 95.9 Å². The second-order valence-electron chi connectivity index (χ2n) is 3.51. The summed E-state index contributed by atoms with van der Waals surface area (Å²) in [5, 5.41) is 0. The molecular formula is C10H12BrNO3. The molecule has 2 heterocycles. The first-order valence-corrected chi connectivity index (χ1v) is 5.62. The fourth-order valence-corrected chi connectivity index (χ4v) is 2.25. The molecule has 0 bridgehead atoms. The summed E-state index contributed by atoms with van der Waals surface area (Å²) in [5.74, 6) is 1.19. The van der Waals surface area contributed by atoms with E-state index in [4.69, 9.17) is 14.9 Å². The van der Waals surface area contributed by atoms with Gasteiger partial charge in [-0.15, -0.1) is 0 Å². The minimum atomic E-state index is -0.180.